The summed E-state index contributed by atoms with van der Waals surface area (Å²) >= 11 is 0. The fraction of sp³-hybridized carbons (Fsp3) is 0.261. The summed E-state index contributed by atoms with van der Waals surface area (Å²) in [6.45, 7) is 5.95. The first-order valence-corrected chi connectivity index (χ1v) is 8.66. The van der Waals surface area contributed by atoms with E-state index in [4.69, 9.17) is 9.15 Å². The molecule has 0 N–H and O–H groups in total. The SMILES string of the molecule is C.C.CCN1C(=CC=Cc2oc3ccccc3[n+]2CC)Oc2ccccc21. The van der Waals surface area contributed by atoms with Gasteiger partial charge < -0.3 is 14.1 Å². The van der Waals surface area contributed by atoms with E-state index in [1.165, 1.54) is 0 Å². The highest BCUT2D eigenvalue weighted by atomic mass is 16.5. The van der Waals surface area contributed by atoms with E-state index in [-0.39, 0.29) is 14.9 Å². The van der Waals surface area contributed by atoms with Gasteiger partial charge in [-0.25, -0.2) is 0 Å². The number of benzene rings is 2. The van der Waals surface area contributed by atoms with Gasteiger partial charge in [-0.3, -0.25) is 0 Å². The van der Waals surface area contributed by atoms with Gasteiger partial charge >= 0.3 is 5.89 Å². The van der Waals surface area contributed by atoms with E-state index in [0.29, 0.717) is 0 Å². The lowest BCUT2D eigenvalue weighted by molar-refractivity contribution is -0.674. The van der Waals surface area contributed by atoms with Crippen molar-refractivity contribution in [2.45, 2.75) is 35.2 Å². The number of nitrogens with zero attached hydrogens (tertiary/aromatic N) is 2. The summed E-state index contributed by atoms with van der Waals surface area (Å²) in [6.07, 6.45) is 5.95. The van der Waals surface area contributed by atoms with E-state index in [0.717, 1.165) is 47.4 Å². The molecular weight excluding hydrogens is 336 g/mol. The Labute approximate surface area is 162 Å². The Morgan fingerprint density at radius 1 is 1.00 bits per heavy atom. The van der Waals surface area contributed by atoms with Crippen molar-refractivity contribution in [3.8, 4) is 5.75 Å². The van der Waals surface area contributed by atoms with Crippen molar-refractivity contribution < 1.29 is 13.7 Å². The predicted octanol–water partition coefficient (Wildman–Crippen LogP) is 5.79. The standard InChI is InChI=1S/C21H21N2O2.2CH4/c1-3-22-16-10-5-7-12-18(16)24-20(22)14-9-15-21-23(4-2)17-11-6-8-13-19(17)25-21;;/h5-15H,3-4H2,1-2H3;2*1H4/q+1;;. The third-order valence-corrected chi connectivity index (χ3v) is 4.38. The Bertz CT molecular complexity index is 969. The molecule has 0 unspecified atom stereocenters. The largest absolute Gasteiger partial charge is 0.439 e. The van der Waals surface area contributed by atoms with E-state index >= 15 is 0 Å². The van der Waals surface area contributed by atoms with Gasteiger partial charge in [0, 0.05) is 12.6 Å². The molecule has 27 heavy (non-hydrogen) atoms. The average Bonchev–Trinajstić information content (AvgIpc) is 3.18. The Morgan fingerprint density at radius 3 is 2.52 bits per heavy atom. The van der Waals surface area contributed by atoms with Gasteiger partial charge in [0.1, 0.15) is 6.54 Å². The lowest BCUT2D eigenvalue weighted by atomic mass is 10.3. The number of rotatable bonds is 4. The molecule has 0 bridgehead atoms. The molecule has 0 fully saturated rings. The van der Waals surface area contributed by atoms with E-state index in [1.807, 2.05) is 54.6 Å². The van der Waals surface area contributed by atoms with Crippen molar-refractivity contribution in [3.63, 3.8) is 0 Å². The summed E-state index contributed by atoms with van der Waals surface area (Å²) < 4.78 is 14.1. The van der Waals surface area contributed by atoms with Crippen LogP contribution in [0.15, 0.2) is 71.0 Å². The zero-order chi connectivity index (χ0) is 17.2. The van der Waals surface area contributed by atoms with Crippen molar-refractivity contribution in [2.75, 3.05) is 11.4 Å². The summed E-state index contributed by atoms with van der Waals surface area (Å²) in [4.78, 5) is 2.16. The Hall–Kier alpha value is -3.01. The molecule has 0 aliphatic carbocycles. The van der Waals surface area contributed by atoms with E-state index in [1.54, 1.807) is 0 Å². The Kier molecular flexibility index (Phi) is 6.45. The fourth-order valence-corrected chi connectivity index (χ4v) is 3.22. The van der Waals surface area contributed by atoms with Gasteiger partial charge in [0.25, 0.3) is 5.52 Å². The monoisotopic (exact) mass is 365 g/mol. The van der Waals surface area contributed by atoms with E-state index in [2.05, 4.69) is 35.4 Å². The quantitative estimate of drug-likeness (QED) is 0.548. The molecule has 4 heteroatoms. The van der Waals surface area contributed by atoms with Crippen molar-refractivity contribution in [2.24, 2.45) is 0 Å². The Balaban J connectivity index is 0.00000131. The minimum Gasteiger partial charge on any atom is -0.439 e. The van der Waals surface area contributed by atoms with Crippen LogP contribution in [0.4, 0.5) is 5.69 Å². The average molecular weight is 365 g/mol. The minimum absolute atomic E-state index is 0. The van der Waals surface area contributed by atoms with Gasteiger partial charge in [-0.1, -0.05) is 39.1 Å². The van der Waals surface area contributed by atoms with Crippen molar-refractivity contribution >= 4 is 22.9 Å². The van der Waals surface area contributed by atoms with Crippen LogP contribution >= 0.6 is 0 Å². The van der Waals surface area contributed by atoms with Gasteiger partial charge in [0.2, 0.25) is 11.5 Å². The lowest BCUT2D eigenvalue weighted by Gasteiger charge is -2.14. The lowest BCUT2D eigenvalue weighted by Crippen LogP contribution is -2.33. The van der Waals surface area contributed by atoms with Crippen molar-refractivity contribution in [3.05, 3.63) is 72.5 Å². The summed E-state index contributed by atoms with van der Waals surface area (Å²) in [5.74, 6) is 2.56. The number of hydrogen-bond acceptors (Lipinski definition) is 3. The van der Waals surface area contributed by atoms with Crippen molar-refractivity contribution in [1.29, 1.82) is 0 Å². The summed E-state index contributed by atoms with van der Waals surface area (Å²) in [7, 11) is 0. The summed E-state index contributed by atoms with van der Waals surface area (Å²) in [6, 6.07) is 16.2. The fourth-order valence-electron chi connectivity index (χ4n) is 3.22. The first kappa shape index (κ1) is 20.3. The molecule has 0 amide bonds. The maximum absolute atomic E-state index is 5.96. The van der Waals surface area contributed by atoms with Crippen LogP contribution < -0.4 is 14.2 Å². The van der Waals surface area contributed by atoms with Crippen LogP contribution in [0.25, 0.3) is 17.2 Å². The topological polar surface area (TPSA) is 29.5 Å². The molecule has 0 spiro atoms. The predicted molar refractivity (Wildman–Crippen MR) is 113 cm³/mol. The van der Waals surface area contributed by atoms with Crippen molar-refractivity contribution in [1.82, 2.24) is 0 Å². The van der Waals surface area contributed by atoms with E-state index < -0.39 is 0 Å². The van der Waals surface area contributed by atoms with E-state index in [9.17, 15) is 0 Å². The number of allylic oxidation sites excluding steroid dienone is 2. The van der Waals surface area contributed by atoms with Gasteiger partial charge in [0.15, 0.2) is 5.75 Å². The second kappa shape index (κ2) is 8.58. The molecule has 4 rings (SSSR count). The number of oxazole rings is 1. The van der Waals surface area contributed by atoms with Crippen LogP contribution in [0.3, 0.4) is 0 Å². The zero-order valence-electron chi connectivity index (χ0n) is 14.5. The minimum atomic E-state index is 0. The molecule has 142 valence electrons. The highest BCUT2D eigenvalue weighted by molar-refractivity contribution is 5.70. The second-order valence-corrected chi connectivity index (χ2v) is 5.83. The number of hydrogen-bond donors (Lipinski definition) is 0. The first-order valence-electron chi connectivity index (χ1n) is 8.66. The number of fused-ring (bicyclic) bond motifs is 2. The molecule has 1 aliphatic rings. The van der Waals surface area contributed by atoms with Crippen LogP contribution in [0.2, 0.25) is 0 Å². The normalized spacial score (nSPS) is 14.1. The molecule has 0 saturated heterocycles. The maximum atomic E-state index is 5.96. The molecule has 1 aromatic heterocycles. The first-order chi connectivity index (χ1) is 12.3. The molecule has 4 nitrogen and oxygen atoms in total. The molecule has 2 aromatic carbocycles. The summed E-state index contributed by atoms with van der Waals surface area (Å²) in [5.41, 5.74) is 3.12. The third-order valence-electron chi connectivity index (χ3n) is 4.38. The zero-order valence-corrected chi connectivity index (χ0v) is 14.5. The maximum Gasteiger partial charge on any atom is 0.374 e. The molecule has 1 aliphatic heterocycles. The smallest absolute Gasteiger partial charge is 0.374 e. The van der Waals surface area contributed by atoms with Crippen LogP contribution in [0.5, 0.6) is 5.75 Å². The number of para-hydroxylation sites is 4. The number of aryl methyl sites for hydroxylation is 1. The molecule has 2 heterocycles. The van der Waals surface area contributed by atoms with Gasteiger partial charge in [-0.15, -0.1) is 0 Å². The van der Waals surface area contributed by atoms with Crippen LogP contribution in [-0.4, -0.2) is 6.54 Å². The Morgan fingerprint density at radius 2 is 1.74 bits per heavy atom. The molecular formula is C23H29N2O2+. The molecule has 3 aromatic rings. The summed E-state index contributed by atoms with van der Waals surface area (Å²) in [5, 5.41) is 0. The molecule has 0 radical (unpaired) electrons. The second-order valence-electron chi connectivity index (χ2n) is 5.83. The number of ether oxygens (including phenoxy) is 1. The molecule has 0 saturated carbocycles. The highest BCUT2D eigenvalue weighted by Crippen LogP contribution is 2.38. The van der Waals surface area contributed by atoms with Crippen LogP contribution in [0, 0.1) is 0 Å². The number of aromatic nitrogens is 1. The van der Waals surface area contributed by atoms with Gasteiger partial charge in [0.05, 0.1) is 11.8 Å². The third kappa shape index (κ3) is 3.61. The highest BCUT2D eigenvalue weighted by Gasteiger charge is 2.24. The van der Waals surface area contributed by atoms with Gasteiger partial charge in [-0.05, 0) is 44.2 Å². The van der Waals surface area contributed by atoms with Crippen LogP contribution in [-0.2, 0) is 6.54 Å². The van der Waals surface area contributed by atoms with Crippen LogP contribution in [0.1, 0.15) is 34.6 Å². The number of anilines is 1. The molecule has 0 atom stereocenters. The van der Waals surface area contributed by atoms with Gasteiger partial charge in [-0.2, -0.15) is 4.57 Å².